The van der Waals surface area contributed by atoms with Gasteiger partial charge in [0.15, 0.2) is 0 Å². The van der Waals surface area contributed by atoms with Gasteiger partial charge in [-0.05, 0) is 43.1 Å². The molecule has 0 aromatic carbocycles. The molecule has 0 bridgehead atoms. The summed E-state index contributed by atoms with van der Waals surface area (Å²) in [5.74, 6) is 1.33. The van der Waals surface area contributed by atoms with Gasteiger partial charge in [-0.2, -0.15) is 4.98 Å². The third-order valence-electron chi connectivity index (χ3n) is 2.27. The number of aliphatic hydroxyl groups excluding tert-OH is 1. The average molecular weight is 303 g/mol. The molecule has 0 amide bonds. The number of halogens is 1. The number of hydrogen-bond acceptors (Lipinski definition) is 5. The molecule has 0 aliphatic heterocycles. The lowest BCUT2D eigenvalue weighted by molar-refractivity contribution is 0.260. The summed E-state index contributed by atoms with van der Waals surface area (Å²) in [5, 5.41) is 15.3. The van der Waals surface area contributed by atoms with Crippen molar-refractivity contribution in [2.75, 3.05) is 23.8 Å². The molecule has 0 saturated carbocycles. The van der Waals surface area contributed by atoms with E-state index >= 15 is 0 Å². The minimum Gasteiger partial charge on any atom is -0.396 e. The number of hydrogen-bond donors (Lipinski definition) is 3. The molecule has 0 saturated heterocycles. The summed E-state index contributed by atoms with van der Waals surface area (Å²) in [4.78, 5) is 8.51. The van der Waals surface area contributed by atoms with E-state index in [-0.39, 0.29) is 12.1 Å². The molecule has 0 aliphatic rings. The maximum Gasteiger partial charge on any atom is 0.224 e. The van der Waals surface area contributed by atoms with Crippen LogP contribution in [0.1, 0.15) is 27.2 Å². The van der Waals surface area contributed by atoms with Crippen LogP contribution in [0.15, 0.2) is 10.7 Å². The predicted octanol–water partition coefficient (Wildman–Crippen LogP) is 2.24. The van der Waals surface area contributed by atoms with Crippen LogP contribution in [-0.4, -0.2) is 33.8 Å². The van der Waals surface area contributed by atoms with Gasteiger partial charge < -0.3 is 15.7 Å². The smallest absolute Gasteiger partial charge is 0.224 e. The molecule has 1 heterocycles. The predicted molar refractivity (Wildman–Crippen MR) is 73.3 cm³/mol. The van der Waals surface area contributed by atoms with Crippen molar-refractivity contribution in [3.8, 4) is 0 Å². The third kappa shape index (κ3) is 4.47. The van der Waals surface area contributed by atoms with Crippen molar-refractivity contribution < 1.29 is 5.11 Å². The first-order valence-electron chi connectivity index (χ1n) is 5.64. The van der Waals surface area contributed by atoms with E-state index < -0.39 is 0 Å². The first kappa shape index (κ1) is 14.2. The van der Waals surface area contributed by atoms with Gasteiger partial charge in [0.05, 0.1) is 4.47 Å². The van der Waals surface area contributed by atoms with Crippen molar-refractivity contribution in [2.45, 2.75) is 32.7 Å². The Hall–Kier alpha value is -0.880. The zero-order valence-electron chi connectivity index (χ0n) is 10.4. The second-order valence-electron chi connectivity index (χ2n) is 4.40. The lowest BCUT2D eigenvalue weighted by Gasteiger charge is -2.26. The Kier molecular flexibility index (Phi) is 5.14. The fourth-order valence-corrected chi connectivity index (χ4v) is 1.65. The largest absolute Gasteiger partial charge is 0.396 e. The number of nitrogens with zero attached hydrogens (tertiary/aromatic N) is 2. The van der Waals surface area contributed by atoms with Crippen LogP contribution in [0.2, 0.25) is 0 Å². The maximum atomic E-state index is 8.99. The Morgan fingerprint density at radius 3 is 2.76 bits per heavy atom. The fourth-order valence-electron chi connectivity index (χ4n) is 1.36. The van der Waals surface area contributed by atoms with E-state index in [1.165, 1.54) is 0 Å². The fraction of sp³-hybridized carbons (Fsp3) is 0.636. The van der Waals surface area contributed by atoms with Crippen molar-refractivity contribution >= 4 is 27.7 Å². The molecule has 1 aromatic rings. The van der Waals surface area contributed by atoms with Gasteiger partial charge >= 0.3 is 0 Å². The van der Waals surface area contributed by atoms with Gasteiger partial charge in [0.25, 0.3) is 0 Å². The van der Waals surface area contributed by atoms with Crippen molar-refractivity contribution in [3.63, 3.8) is 0 Å². The molecule has 17 heavy (non-hydrogen) atoms. The van der Waals surface area contributed by atoms with Gasteiger partial charge in [-0.15, -0.1) is 0 Å². The lowest BCUT2D eigenvalue weighted by atomic mass is 10.0. The van der Waals surface area contributed by atoms with E-state index in [4.69, 9.17) is 5.11 Å². The molecule has 0 unspecified atom stereocenters. The van der Waals surface area contributed by atoms with Gasteiger partial charge in [-0.25, -0.2) is 4.98 Å². The Labute approximate surface area is 110 Å². The van der Waals surface area contributed by atoms with Crippen LogP contribution in [0, 0.1) is 0 Å². The molecule has 5 nitrogen and oxygen atoms in total. The van der Waals surface area contributed by atoms with Gasteiger partial charge in [-0.1, -0.05) is 0 Å². The molecule has 0 atom stereocenters. The first-order valence-corrected chi connectivity index (χ1v) is 6.43. The summed E-state index contributed by atoms with van der Waals surface area (Å²) >= 11 is 3.41. The Morgan fingerprint density at radius 2 is 2.18 bits per heavy atom. The molecule has 0 spiro atoms. The number of aromatic nitrogens is 2. The summed E-state index contributed by atoms with van der Waals surface area (Å²) in [6.45, 7) is 6.95. The quantitative estimate of drug-likeness (QED) is 0.752. The molecular weight excluding hydrogens is 284 g/mol. The number of aliphatic hydroxyl groups is 1. The van der Waals surface area contributed by atoms with Gasteiger partial charge in [-0.3, -0.25) is 0 Å². The first-order chi connectivity index (χ1) is 7.98. The van der Waals surface area contributed by atoms with E-state index in [1.54, 1.807) is 6.20 Å². The van der Waals surface area contributed by atoms with Gasteiger partial charge in [0.2, 0.25) is 5.95 Å². The van der Waals surface area contributed by atoms with E-state index in [0.29, 0.717) is 12.4 Å². The minimum absolute atomic E-state index is 0.142. The van der Waals surface area contributed by atoms with Crippen LogP contribution in [0.4, 0.5) is 11.8 Å². The molecule has 0 fully saturated rings. The molecule has 0 aliphatic carbocycles. The second kappa shape index (κ2) is 6.16. The molecule has 6 heteroatoms. The maximum absolute atomic E-state index is 8.99. The zero-order chi connectivity index (χ0) is 12.9. The van der Waals surface area contributed by atoms with Crippen LogP contribution >= 0.6 is 15.9 Å². The highest BCUT2D eigenvalue weighted by molar-refractivity contribution is 9.10. The Bertz CT molecular complexity index is 370. The molecular formula is C11H19BrN4O. The van der Waals surface area contributed by atoms with Gasteiger partial charge in [0, 0.05) is 24.9 Å². The number of rotatable bonds is 6. The highest BCUT2D eigenvalue weighted by Gasteiger charge is 2.19. The van der Waals surface area contributed by atoms with Crippen molar-refractivity contribution in [1.82, 2.24) is 9.97 Å². The highest BCUT2D eigenvalue weighted by Crippen LogP contribution is 2.24. The minimum atomic E-state index is -0.213. The van der Waals surface area contributed by atoms with Crippen molar-refractivity contribution in [2.24, 2.45) is 0 Å². The molecule has 96 valence electrons. The summed E-state index contributed by atoms with van der Waals surface area (Å²) in [6, 6.07) is 0. The van der Waals surface area contributed by atoms with Crippen LogP contribution < -0.4 is 10.6 Å². The Morgan fingerprint density at radius 1 is 1.47 bits per heavy atom. The van der Waals surface area contributed by atoms with Crippen LogP contribution in [0.25, 0.3) is 0 Å². The lowest BCUT2D eigenvalue weighted by Crippen LogP contribution is -2.32. The van der Waals surface area contributed by atoms with E-state index in [0.717, 1.165) is 16.8 Å². The van der Waals surface area contributed by atoms with E-state index in [9.17, 15) is 0 Å². The second-order valence-corrected chi connectivity index (χ2v) is 5.26. The molecule has 1 aromatic heterocycles. The summed E-state index contributed by atoms with van der Waals surface area (Å²) in [6.07, 6.45) is 2.36. The van der Waals surface area contributed by atoms with Crippen LogP contribution in [0.5, 0.6) is 0 Å². The van der Waals surface area contributed by atoms with E-state index in [1.807, 2.05) is 20.8 Å². The summed E-state index contributed by atoms with van der Waals surface area (Å²) < 4.78 is 0.810. The summed E-state index contributed by atoms with van der Waals surface area (Å²) in [5.41, 5.74) is -0.213. The van der Waals surface area contributed by atoms with Crippen molar-refractivity contribution in [3.05, 3.63) is 10.7 Å². The molecule has 0 radical (unpaired) electrons. The van der Waals surface area contributed by atoms with E-state index in [2.05, 4.69) is 36.5 Å². The van der Waals surface area contributed by atoms with Crippen LogP contribution in [0.3, 0.4) is 0 Å². The standard InChI is InChI=1S/C11H19BrN4O/c1-4-13-10-14-7-8(12)9(15-10)16-11(2,3)5-6-17/h7,17H,4-6H2,1-3H3,(H2,13,14,15,16). The molecule has 3 N–H and O–H groups in total. The zero-order valence-corrected chi connectivity index (χ0v) is 12.0. The number of anilines is 2. The van der Waals surface area contributed by atoms with Crippen LogP contribution in [-0.2, 0) is 0 Å². The highest BCUT2D eigenvalue weighted by atomic mass is 79.9. The normalized spacial score (nSPS) is 11.4. The monoisotopic (exact) mass is 302 g/mol. The number of nitrogens with one attached hydrogen (secondary N) is 2. The van der Waals surface area contributed by atoms with Gasteiger partial charge in [0.1, 0.15) is 5.82 Å². The summed E-state index contributed by atoms with van der Waals surface area (Å²) in [7, 11) is 0. The average Bonchev–Trinajstić information content (AvgIpc) is 2.23. The SMILES string of the molecule is CCNc1ncc(Br)c(NC(C)(C)CCO)n1. The Balaban J connectivity index is 2.85. The third-order valence-corrected chi connectivity index (χ3v) is 2.85. The molecule has 1 rings (SSSR count). The van der Waals surface area contributed by atoms with Crippen molar-refractivity contribution in [1.29, 1.82) is 0 Å². The topological polar surface area (TPSA) is 70.1 Å².